The smallest absolute Gasteiger partial charge is 0.326 e. The van der Waals surface area contributed by atoms with Gasteiger partial charge in [0.05, 0.1) is 44.4 Å². The van der Waals surface area contributed by atoms with E-state index < -0.39 is 39.8 Å². The molecule has 0 aliphatic carbocycles. The summed E-state index contributed by atoms with van der Waals surface area (Å²) in [5.41, 5.74) is 1.98. The van der Waals surface area contributed by atoms with Crippen molar-refractivity contribution in [1.82, 2.24) is 5.32 Å². The van der Waals surface area contributed by atoms with E-state index >= 15 is 0 Å². The lowest BCUT2D eigenvalue weighted by Gasteiger charge is -2.18. The zero-order chi connectivity index (χ0) is 28.6. The number of aliphatic carboxylic acids is 1. The fourth-order valence-corrected chi connectivity index (χ4v) is 5.40. The molecule has 4 rings (SSSR count). The average Bonchev–Trinajstić information content (AvgIpc) is 3.08. The fraction of sp³-hybridized carbons (Fsp3) is 0.154. The Morgan fingerprint density at radius 1 is 1.00 bits per heavy atom. The van der Waals surface area contributed by atoms with Crippen molar-refractivity contribution in [2.24, 2.45) is 0 Å². The van der Waals surface area contributed by atoms with Gasteiger partial charge in [0, 0.05) is 6.42 Å². The van der Waals surface area contributed by atoms with Crippen LogP contribution in [0.4, 0.5) is 11.4 Å². The SMILES string of the molecule is Cc1cccc2c1C(=O)N(c1ccc(C[C@H](NC(=O)c3c(Cl)cc(NS(C)(=O)=O)cc3Cl)C(=O)O)cc1)C2=O. The van der Waals surface area contributed by atoms with Crippen molar-refractivity contribution >= 4 is 68.3 Å². The highest BCUT2D eigenvalue weighted by molar-refractivity contribution is 7.92. The van der Waals surface area contributed by atoms with E-state index in [1.807, 2.05) is 0 Å². The van der Waals surface area contributed by atoms with E-state index in [1.54, 1.807) is 37.3 Å². The van der Waals surface area contributed by atoms with E-state index in [4.69, 9.17) is 23.2 Å². The van der Waals surface area contributed by atoms with E-state index in [2.05, 4.69) is 10.0 Å². The molecule has 1 heterocycles. The number of carboxylic acids is 1. The number of amides is 3. The van der Waals surface area contributed by atoms with Crippen molar-refractivity contribution in [2.75, 3.05) is 15.9 Å². The largest absolute Gasteiger partial charge is 0.480 e. The van der Waals surface area contributed by atoms with E-state index in [0.717, 1.165) is 11.2 Å². The van der Waals surface area contributed by atoms with Crippen LogP contribution in [0.1, 0.15) is 42.2 Å². The number of rotatable bonds is 8. The van der Waals surface area contributed by atoms with Crippen LogP contribution in [0.15, 0.2) is 54.6 Å². The maximum absolute atomic E-state index is 12.9. The number of nitrogens with zero attached hydrogens (tertiary/aromatic N) is 1. The average molecular weight is 590 g/mol. The van der Waals surface area contributed by atoms with Crippen LogP contribution in [0.2, 0.25) is 10.0 Å². The Morgan fingerprint density at radius 2 is 1.62 bits per heavy atom. The maximum Gasteiger partial charge on any atom is 0.326 e. The molecule has 39 heavy (non-hydrogen) atoms. The van der Waals surface area contributed by atoms with Gasteiger partial charge < -0.3 is 10.4 Å². The number of carbonyl (C=O) groups excluding carboxylic acids is 3. The first-order valence-electron chi connectivity index (χ1n) is 11.3. The quantitative estimate of drug-likeness (QED) is 0.337. The minimum atomic E-state index is -3.63. The topological polar surface area (TPSA) is 150 Å². The normalized spacial score (nSPS) is 13.7. The molecule has 0 radical (unpaired) electrons. The maximum atomic E-state index is 12.9. The summed E-state index contributed by atoms with van der Waals surface area (Å²) in [4.78, 5) is 51.6. The van der Waals surface area contributed by atoms with Gasteiger partial charge in [-0.15, -0.1) is 0 Å². The lowest BCUT2D eigenvalue weighted by molar-refractivity contribution is -0.139. The molecule has 3 N–H and O–H groups in total. The first-order chi connectivity index (χ1) is 18.3. The fourth-order valence-electron chi connectivity index (χ4n) is 4.20. The molecule has 0 fully saturated rings. The molecule has 1 atom stereocenters. The number of halogens is 2. The molecule has 3 aromatic carbocycles. The van der Waals surface area contributed by atoms with Gasteiger partial charge in [0.2, 0.25) is 10.0 Å². The lowest BCUT2D eigenvalue weighted by Crippen LogP contribution is -2.42. The Hall–Kier alpha value is -3.93. The van der Waals surface area contributed by atoms with Crippen LogP contribution in [-0.2, 0) is 21.2 Å². The molecule has 3 amide bonds. The highest BCUT2D eigenvalue weighted by Crippen LogP contribution is 2.31. The molecule has 0 saturated heterocycles. The van der Waals surface area contributed by atoms with Gasteiger partial charge in [-0.05, 0) is 48.4 Å². The van der Waals surface area contributed by atoms with Gasteiger partial charge in [-0.25, -0.2) is 18.1 Å². The predicted molar refractivity (Wildman–Crippen MR) is 146 cm³/mol. The zero-order valence-corrected chi connectivity index (χ0v) is 22.8. The Labute approximate surface area is 233 Å². The summed E-state index contributed by atoms with van der Waals surface area (Å²) in [6.45, 7) is 1.75. The van der Waals surface area contributed by atoms with Gasteiger partial charge >= 0.3 is 5.97 Å². The Kier molecular flexibility index (Phi) is 7.69. The van der Waals surface area contributed by atoms with E-state index in [0.29, 0.717) is 27.9 Å². The molecule has 10 nitrogen and oxygen atoms in total. The molecular formula is C26H21Cl2N3O7S. The summed E-state index contributed by atoms with van der Waals surface area (Å²) >= 11 is 12.3. The summed E-state index contributed by atoms with van der Waals surface area (Å²) in [5, 5.41) is 11.7. The molecule has 0 saturated carbocycles. The number of carbonyl (C=O) groups is 4. The van der Waals surface area contributed by atoms with Gasteiger partial charge in [-0.3, -0.25) is 19.1 Å². The first kappa shape index (κ1) is 28.1. The van der Waals surface area contributed by atoms with Crippen molar-refractivity contribution in [2.45, 2.75) is 19.4 Å². The highest BCUT2D eigenvalue weighted by atomic mass is 35.5. The summed E-state index contributed by atoms with van der Waals surface area (Å²) in [6.07, 6.45) is 0.797. The second-order valence-corrected chi connectivity index (χ2v) is 11.4. The van der Waals surface area contributed by atoms with E-state index in [1.165, 1.54) is 24.3 Å². The van der Waals surface area contributed by atoms with Crippen molar-refractivity contribution in [3.05, 3.63) is 92.5 Å². The van der Waals surface area contributed by atoms with Crippen molar-refractivity contribution in [1.29, 1.82) is 0 Å². The van der Waals surface area contributed by atoms with Gasteiger partial charge in [0.25, 0.3) is 17.7 Å². The number of aryl methyl sites for hydroxylation is 1. The number of carboxylic acid groups (broad SMARTS) is 1. The molecule has 0 spiro atoms. The van der Waals surface area contributed by atoms with Crippen LogP contribution in [0.25, 0.3) is 0 Å². The van der Waals surface area contributed by atoms with Gasteiger partial charge in [-0.1, -0.05) is 47.5 Å². The molecule has 0 bridgehead atoms. The van der Waals surface area contributed by atoms with Crippen LogP contribution in [0, 0.1) is 6.92 Å². The Balaban J connectivity index is 1.50. The van der Waals surface area contributed by atoms with Crippen molar-refractivity contribution < 1.29 is 32.7 Å². The second kappa shape index (κ2) is 10.7. The van der Waals surface area contributed by atoms with E-state index in [9.17, 15) is 32.7 Å². The Morgan fingerprint density at radius 3 is 2.15 bits per heavy atom. The number of imide groups is 1. The summed E-state index contributed by atoms with van der Waals surface area (Å²) in [7, 11) is -3.63. The van der Waals surface area contributed by atoms with Gasteiger partial charge in [-0.2, -0.15) is 0 Å². The number of hydrogen-bond acceptors (Lipinski definition) is 6. The van der Waals surface area contributed by atoms with Crippen LogP contribution >= 0.6 is 23.2 Å². The number of nitrogens with one attached hydrogen (secondary N) is 2. The summed E-state index contributed by atoms with van der Waals surface area (Å²) in [6, 6.07) is 12.2. The molecule has 13 heteroatoms. The highest BCUT2D eigenvalue weighted by Gasteiger charge is 2.37. The van der Waals surface area contributed by atoms with Gasteiger partial charge in [0.1, 0.15) is 6.04 Å². The molecule has 202 valence electrons. The Bertz CT molecular complexity index is 1620. The minimum Gasteiger partial charge on any atom is -0.480 e. The second-order valence-electron chi connectivity index (χ2n) is 8.87. The molecule has 0 aromatic heterocycles. The molecule has 0 unspecified atom stereocenters. The number of sulfonamides is 1. The molecular weight excluding hydrogens is 569 g/mol. The van der Waals surface area contributed by atoms with Crippen LogP contribution < -0.4 is 14.9 Å². The minimum absolute atomic E-state index is 0.0344. The monoisotopic (exact) mass is 589 g/mol. The summed E-state index contributed by atoms with van der Waals surface area (Å²) in [5.74, 6) is -3.09. The van der Waals surface area contributed by atoms with Crippen LogP contribution in [0.3, 0.4) is 0 Å². The third-order valence-electron chi connectivity index (χ3n) is 5.93. The number of fused-ring (bicyclic) bond motifs is 1. The third-order valence-corrected chi connectivity index (χ3v) is 7.14. The molecule has 3 aromatic rings. The molecule has 1 aliphatic rings. The predicted octanol–water partition coefficient (Wildman–Crippen LogP) is 3.90. The summed E-state index contributed by atoms with van der Waals surface area (Å²) < 4.78 is 25.1. The van der Waals surface area contributed by atoms with Crippen LogP contribution in [0.5, 0.6) is 0 Å². The standard InChI is InChI=1S/C26H21Cl2N3O7S/c1-13-4-3-5-17-21(13)25(34)31(24(17)33)16-8-6-14(7-9-16)10-20(26(35)36)29-23(32)22-18(27)11-15(12-19(22)28)30-39(2,37)38/h3-9,11-12,20,30H,10H2,1-2H3,(H,29,32)(H,35,36)/t20-/m0/s1. The molecule has 1 aliphatic heterocycles. The number of benzene rings is 3. The number of anilines is 2. The van der Waals surface area contributed by atoms with Crippen LogP contribution in [-0.4, -0.2) is 49.5 Å². The van der Waals surface area contributed by atoms with E-state index in [-0.39, 0.29) is 27.7 Å². The van der Waals surface area contributed by atoms with Crippen molar-refractivity contribution in [3.8, 4) is 0 Å². The number of hydrogen-bond donors (Lipinski definition) is 3. The zero-order valence-electron chi connectivity index (χ0n) is 20.5. The first-order valence-corrected chi connectivity index (χ1v) is 14.0. The van der Waals surface area contributed by atoms with Gasteiger partial charge in [0.15, 0.2) is 0 Å². The lowest BCUT2D eigenvalue weighted by atomic mass is 10.0. The third kappa shape index (κ3) is 5.90. The van der Waals surface area contributed by atoms with Crippen molar-refractivity contribution in [3.63, 3.8) is 0 Å².